The Kier molecular flexibility index (Phi) is 2.84. The van der Waals surface area contributed by atoms with E-state index in [2.05, 4.69) is 20.3 Å². The molecule has 3 rings (SSSR count). The number of nitrogens with two attached hydrogens (primary N) is 1. The van der Waals surface area contributed by atoms with Gasteiger partial charge in [0.2, 0.25) is 4.77 Å². The number of nitrogen functional groups attached to an aromatic ring is 1. The summed E-state index contributed by atoms with van der Waals surface area (Å²) in [5.74, 6) is 1.03. The minimum Gasteiger partial charge on any atom is -0.383 e. The van der Waals surface area contributed by atoms with E-state index in [4.69, 9.17) is 29.6 Å². The van der Waals surface area contributed by atoms with Crippen LogP contribution >= 0.6 is 23.8 Å². The van der Waals surface area contributed by atoms with Crippen molar-refractivity contribution >= 4 is 29.6 Å². The van der Waals surface area contributed by atoms with Gasteiger partial charge in [-0.15, -0.1) is 0 Å². The lowest BCUT2D eigenvalue weighted by molar-refractivity contribution is 0.891. The molecule has 3 aromatic rings. The molecular weight excluding hydrogens is 284 g/mol. The number of benzene rings is 1. The highest BCUT2D eigenvalue weighted by molar-refractivity contribution is 7.71. The van der Waals surface area contributed by atoms with E-state index >= 15 is 0 Å². The van der Waals surface area contributed by atoms with Crippen LogP contribution < -0.4 is 5.73 Å². The zero-order valence-corrected chi connectivity index (χ0v) is 11.2. The normalized spacial score (nSPS) is 10.8. The van der Waals surface area contributed by atoms with E-state index in [-0.39, 0.29) is 0 Å². The number of nitrogens with zero attached hydrogens (tertiary/aromatic N) is 3. The number of nitrogens with one attached hydrogen (secondary N) is 2. The molecule has 0 bridgehead atoms. The Labute approximate surface area is 118 Å². The number of H-pyrrole nitrogens is 2. The van der Waals surface area contributed by atoms with Gasteiger partial charge in [0.1, 0.15) is 5.82 Å². The molecule has 0 spiro atoms. The topological polar surface area (TPSA) is 88.3 Å². The third-order valence-corrected chi connectivity index (χ3v) is 3.08. The minimum atomic E-state index is 0.369. The van der Waals surface area contributed by atoms with Gasteiger partial charge in [-0.05, 0) is 36.5 Å². The first-order valence-corrected chi connectivity index (χ1v) is 6.18. The molecule has 6 nitrogen and oxygen atoms in total. The van der Waals surface area contributed by atoms with Crippen LogP contribution in [0.4, 0.5) is 5.82 Å². The van der Waals surface area contributed by atoms with Gasteiger partial charge in [-0.25, -0.2) is 4.68 Å². The highest BCUT2D eigenvalue weighted by atomic mass is 35.5. The van der Waals surface area contributed by atoms with E-state index < -0.39 is 0 Å². The van der Waals surface area contributed by atoms with Crippen LogP contribution in [0.2, 0.25) is 5.02 Å². The molecule has 0 aliphatic rings. The van der Waals surface area contributed by atoms with Gasteiger partial charge in [0.15, 0.2) is 5.82 Å². The second kappa shape index (κ2) is 4.52. The molecule has 0 amide bonds. The van der Waals surface area contributed by atoms with Crippen LogP contribution in [0.15, 0.2) is 30.5 Å². The summed E-state index contributed by atoms with van der Waals surface area (Å²) >= 11 is 10.8. The summed E-state index contributed by atoms with van der Waals surface area (Å²) < 4.78 is 1.98. The minimum absolute atomic E-state index is 0.369. The SMILES string of the molecule is Nc1c(-c2nc(=S)[nH][nH]2)cnn1-c1ccc(Cl)cc1. The van der Waals surface area contributed by atoms with E-state index in [1.807, 2.05) is 12.1 Å². The zero-order chi connectivity index (χ0) is 13.4. The molecule has 1 aromatic carbocycles. The fourth-order valence-corrected chi connectivity index (χ4v) is 1.99. The van der Waals surface area contributed by atoms with Crippen LogP contribution in [0.25, 0.3) is 17.1 Å². The van der Waals surface area contributed by atoms with Crippen molar-refractivity contribution in [1.82, 2.24) is 25.0 Å². The lowest BCUT2D eigenvalue weighted by atomic mass is 10.3. The van der Waals surface area contributed by atoms with Gasteiger partial charge in [0.05, 0.1) is 17.4 Å². The highest BCUT2D eigenvalue weighted by Gasteiger charge is 2.13. The third-order valence-electron chi connectivity index (χ3n) is 2.63. The van der Waals surface area contributed by atoms with Crippen molar-refractivity contribution in [1.29, 1.82) is 0 Å². The number of aromatic nitrogens is 5. The molecule has 8 heteroatoms. The van der Waals surface area contributed by atoms with E-state index in [0.29, 0.717) is 27.0 Å². The van der Waals surface area contributed by atoms with Crippen LogP contribution in [-0.4, -0.2) is 25.0 Å². The summed E-state index contributed by atoms with van der Waals surface area (Å²) in [6.07, 6.45) is 1.63. The van der Waals surface area contributed by atoms with E-state index in [1.54, 1.807) is 23.0 Å². The van der Waals surface area contributed by atoms with Crippen LogP contribution in [0.1, 0.15) is 0 Å². The van der Waals surface area contributed by atoms with Crippen molar-refractivity contribution in [2.45, 2.75) is 0 Å². The molecule has 2 aromatic heterocycles. The van der Waals surface area contributed by atoms with Gasteiger partial charge in [-0.2, -0.15) is 10.1 Å². The molecule has 2 heterocycles. The molecule has 0 unspecified atom stereocenters. The van der Waals surface area contributed by atoms with Crippen LogP contribution in [0, 0.1) is 4.77 Å². The van der Waals surface area contributed by atoms with Gasteiger partial charge < -0.3 is 5.73 Å². The molecule has 4 N–H and O–H groups in total. The van der Waals surface area contributed by atoms with Gasteiger partial charge in [-0.1, -0.05) is 11.6 Å². The number of halogens is 1. The van der Waals surface area contributed by atoms with Crippen LogP contribution in [0.5, 0.6) is 0 Å². The predicted molar refractivity (Wildman–Crippen MR) is 75.8 cm³/mol. The average molecular weight is 293 g/mol. The number of hydrogen-bond acceptors (Lipinski definition) is 4. The van der Waals surface area contributed by atoms with Crippen molar-refractivity contribution in [3.63, 3.8) is 0 Å². The molecule has 0 fully saturated rings. The third kappa shape index (κ3) is 2.13. The largest absolute Gasteiger partial charge is 0.383 e. The maximum Gasteiger partial charge on any atom is 0.213 e. The quantitative estimate of drug-likeness (QED) is 0.633. The van der Waals surface area contributed by atoms with Crippen molar-refractivity contribution in [2.75, 3.05) is 5.73 Å². The maximum atomic E-state index is 6.07. The highest BCUT2D eigenvalue weighted by Crippen LogP contribution is 2.25. The molecule has 0 saturated carbocycles. The summed E-state index contributed by atoms with van der Waals surface area (Å²) in [6.45, 7) is 0. The summed E-state index contributed by atoms with van der Waals surface area (Å²) in [5, 5.41) is 10.5. The number of anilines is 1. The van der Waals surface area contributed by atoms with E-state index in [9.17, 15) is 0 Å². The average Bonchev–Trinajstić information content (AvgIpc) is 2.97. The molecular formula is C11H9ClN6S. The van der Waals surface area contributed by atoms with Crippen molar-refractivity contribution in [3.8, 4) is 17.1 Å². The Balaban J connectivity index is 2.08. The van der Waals surface area contributed by atoms with Crippen LogP contribution in [-0.2, 0) is 0 Å². The maximum absolute atomic E-state index is 6.07. The Morgan fingerprint density at radius 3 is 2.58 bits per heavy atom. The van der Waals surface area contributed by atoms with Crippen molar-refractivity contribution < 1.29 is 0 Å². The lowest BCUT2D eigenvalue weighted by Crippen LogP contribution is -2.02. The summed E-state index contributed by atoms with van der Waals surface area (Å²) in [7, 11) is 0. The Bertz CT molecular complexity index is 769. The molecule has 0 aliphatic heterocycles. The zero-order valence-electron chi connectivity index (χ0n) is 9.59. The molecule has 0 saturated heterocycles. The Morgan fingerprint density at radius 1 is 1.21 bits per heavy atom. The first kappa shape index (κ1) is 11.9. The first-order chi connectivity index (χ1) is 9.15. The molecule has 0 aliphatic carbocycles. The molecule has 0 radical (unpaired) electrons. The Hall–Kier alpha value is -2.12. The van der Waals surface area contributed by atoms with Gasteiger partial charge in [0, 0.05) is 5.02 Å². The second-order valence-corrected chi connectivity index (χ2v) is 4.67. The van der Waals surface area contributed by atoms with Gasteiger partial charge >= 0.3 is 0 Å². The number of rotatable bonds is 2. The van der Waals surface area contributed by atoms with E-state index in [1.165, 1.54) is 0 Å². The summed E-state index contributed by atoms with van der Waals surface area (Å²) in [6, 6.07) is 7.23. The second-order valence-electron chi connectivity index (χ2n) is 3.85. The Morgan fingerprint density at radius 2 is 1.95 bits per heavy atom. The number of hydrogen-bond donors (Lipinski definition) is 3. The molecule has 19 heavy (non-hydrogen) atoms. The smallest absolute Gasteiger partial charge is 0.213 e. The lowest BCUT2D eigenvalue weighted by Gasteiger charge is -2.04. The summed E-state index contributed by atoms with van der Waals surface area (Å²) in [4.78, 5) is 4.11. The van der Waals surface area contributed by atoms with Gasteiger partial charge in [0.25, 0.3) is 0 Å². The van der Waals surface area contributed by atoms with Crippen LogP contribution in [0.3, 0.4) is 0 Å². The summed E-state index contributed by atoms with van der Waals surface area (Å²) in [5.41, 5.74) is 7.58. The monoisotopic (exact) mass is 292 g/mol. The van der Waals surface area contributed by atoms with Crippen molar-refractivity contribution in [3.05, 3.63) is 40.3 Å². The number of aromatic amines is 2. The fraction of sp³-hybridized carbons (Fsp3) is 0. The fourth-order valence-electron chi connectivity index (χ4n) is 1.73. The van der Waals surface area contributed by atoms with Crippen molar-refractivity contribution in [2.24, 2.45) is 0 Å². The standard InChI is InChI=1S/C11H9ClN6S/c12-6-1-3-7(4-2-6)18-9(13)8(5-14-18)10-15-11(19)17-16-10/h1-5H,13H2,(H2,15,16,17,19). The molecule has 96 valence electrons. The molecule has 0 atom stereocenters. The predicted octanol–water partition coefficient (Wildman–Crippen LogP) is 2.56. The van der Waals surface area contributed by atoms with E-state index in [0.717, 1.165) is 5.69 Å². The van der Waals surface area contributed by atoms with Gasteiger partial charge in [-0.3, -0.25) is 10.2 Å². The first-order valence-electron chi connectivity index (χ1n) is 5.39.